The molecule has 0 aliphatic rings. The lowest BCUT2D eigenvalue weighted by atomic mass is 10.3. The van der Waals surface area contributed by atoms with Crippen molar-refractivity contribution < 1.29 is 26.0 Å². The van der Waals surface area contributed by atoms with Crippen LogP contribution in [0.5, 0.6) is 5.75 Å². The fourth-order valence-electron chi connectivity index (χ4n) is 3.63. The Balaban J connectivity index is 2.87. The number of benzene rings is 1. The quantitative estimate of drug-likeness (QED) is 0.425. The molecule has 1 rings (SSSR count). The molecule has 0 aromatic heterocycles. The van der Waals surface area contributed by atoms with Crippen molar-refractivity contribution in [1.29, 1.82) is 0 Å². The van der Waals surface area contributed by atoms with E-state index in [4.69, 9.17) is 21.2 Å². The normalized spacial score (nSPS) is 14.0. The molecule has 1 aromatic carbocycles. The molecule has 0 amide bonds. The van der Waals surface area contributed by atoms with Crippen molar-refractivity contribution in [2.45, 2.75) is 72.0 Å². The van der Waals surface area contributed by atoms with E-state index in [1.807, 2.05) is 12.1 Å². The van der Waals surface area contributed by atoms with Gasteiger partial charge < -0.3 is 21.2 Å². The van der Waals surface area contributed by atoms with Gasteiger partial charge >= 0.3 is 32.2 Å². The summed E-state index contributed by atoms with van der Waals surface area (Å²) >= 11 is 0. The van der Waals surface area contributed by atoms with Crippen molar-refractivity contribution in [3.05, 3.63) is 24.3 Å². The second kappa shape index (κ2) is 9.40. The van der Waals surface area contributed by atoms with Gasteiger partial charge in [-0.2, -0.15) is 0 Å². The first-order chi connectivity index (χ1) is 12.9. The molecule has 29 heavy (non-hydrogen) atoms. The molecule has 0 saturated carbocycles. The summed E-state index contributed by atoms with van der Waals surface area (Å²) in [6, 6.07) is 7.41. The van der Waals surface area contributed by atoms with Crippen LogP contribution in [0.4, 0.5) is 0 Å². The van der Waals surface area contributed by atoms with E-state index in [1.54, 1.807) is 12.1 Å². The van der Waals surface area contributed by atoms with Gasteiger partial charge in [0.2, 0.25) is 8.32 Å². The van der Waals surface area contributed by atoms with Gasteiger partial charge in [0.1, 0.15) is 5.75 Å². The maximum atomic E-state index is 10.4. The van der Waals surface area contributed by atoms with Crippen LogP contribution in [0.3, 0.4) is 0 Å². The zero-order valence-electron chi connectivity index (χ0n) is 19.8. The number of rotatable bonds is 11. The van der Waals surface area contributed by atoms with Gasteiger partial charge in [-0.25, -0.2) is 4.79 Å². The van der Waals surface area contributed by atoms with E-state index in [0.717, 1.165) is 5.19 Å². The monoisotopic (exact) mass is 489 g/mol. The summed E-state index contributed by atoms with van der Waals surface area (Å²) in [6.07, 6.45) is 0. The van der Waals surface area contributed by atoms with Crippen molar-refractivity contribution in [3.63, 3.8) is 0 Å². The van der Waals surface area contributed by atoms with E-state index in [-0.39, 0.29) is 0 Å². The van der Waals surface area contributed by atoms with Gasteiger partial charge in [-0.05, 0) is 89.3 Å². The molecule has 0 unspecified atom stereocenters. The summed E-state index contributed by atoms with van der Waals surface area (Å²) in [6.45, 7) is 24.8. The van der Waals surface area contributed by atoms with Crippen LogP contribution in [0.15, 0.2) is 24.3 Å². The number of hydrogen-bond acceptors (Lipinski definition) is 6. The smallest absolute Gasteiger partial charge is 0.423 e. The molecule has 0 bridgehead atoms. The molecule has 11 heteroatoms. The van der Waals surface area contributed by atoms with E-state index < -0.39 is 42.3 Å². The van der Waals surface area contributed by atoms with Gasteiger partial charge in [-0.3, -0.25) is 0 Å². The number of carbonyl (C=O) groups excluding carboxylic acids is 1. The predicted molar refractivity (Wildman–Crippen MR) is 130 cm³/mol. The molecule has 0 fully saturated rings. The van der Waals surface area contributed by atoms with Crippen LogP contribution < -0.4 is 9.92 Å². The van der Waals surface area contributed by atoms with Crippen molar-refractivity contribution in [3.8, 4) is 5.75 Å². The molecule has 0 atom stereocenters. The number of hydrogen-bond donors (Lipinski definition) is 0. The standard InChI is InChI=1S/C18H37O6Si5/c1-25(2,3)21-27(6,7)23-29(10,11)24-28(8,9)22-26(4,5)18-14-12-17(13-15-18)20-16-19/h12-15H,1-11H3. The average Bonchev–Trinajstić information content (AvgIpc) is 2.41. The summed E-state index contributed by atoms with van der Waals surface area (Å²) in [4.78, 5) is 10.4. The van der Waals surface area contributed by atoms with Crippen LogP contribution in [0.2, 0.25) is 72.0 Å². The molecule has 0 aliphatic heterocycles. The maximum Gasteiger partial charge on any atom is 0.423 e. The third kappa shape index (κ3) is 9.98. The third-order valence-corrected chi connectivity index (χ3v) is 21.8. The van der Waals surface area contributed by atoms with Crippen LogP contribution in [0, 0.1) is 0 Å². The highest BCUT2D eigenvalue weighted by Crippen LogP contribution is 2.26. The largest absolute Gasteiger partial charge is 0.437 e. The van der Waals surface area contributed by atoms with Crippen LogP contribution in [0.1, 0.15) is 0 Å². The summed E-state index contributed by atoms with van der Waals surface area (Å²) < 4.78 is 30.8. The topological polar surface area (TPSA) is 63.2 Å². The lowest BCUT2D eigenvalue weighted by Crippen LogP contribution is -2.60. The van der Waals surface area contributed by atoms with E-state index in [0.29, 0.717) is 5.75 Å². The second-order valence-corrected chi connectivity index (χ2v) is 29.4. The minimum absolute atomic E-state index is 0.470. The average molecular weight is 490 g/mol. The fraction of sp³-hybridized carbons (Fsp3) is 0.611. The van der Waals surface area contributed by atoms with Crippen molar-refractivity contribution >= 4 is 54.0 Å². The zero-order valence-corrected chi connectivity index (χ0v) is 24.8. The molecule has 0 spiro atoms. The fourth-order valence-corrected chi connectivity index (χ4v) is 27.0. The van der Waals surface area contributed by atoms with Crippen LogP contribution >= 0.6 is 0 Å². The first kappa shape index (κ1) is 26.6. The Bertz CT molecular complexity index is 683. The minimum atomic E-state index is -2.46. The number of ether oxygens (including phenoxy) is 1. The Kier molecular flexibility index (Phi) is 8.64. The van der Waals surface area contributed by atoms with Crippen molar-refractivity contribution in [2.24, 2.45) is 0 Å². The van der Waals surface area contributed by atoms with Crippen LogP contribution in [0.25, 0.3) is 0 Å². The van der Waals surface area contributed by atoms with Crippen molar-refractivity contribution in [2.75, 3.05) is 0 Å². The molecule has 0 N–H and O–H groups in total. The van der Waals surface area contributed by atoms with E-state index in [1.165, 1.54) is 6.47 Å². The Morgan fingerprint density at radius 1 is 0.621 bits per heavy atom. The Morgan fingerprint density at radius 3 is 1.45 bits per heavy atom. The SMILES string of the molecule is C[Si](C)(C)O[Si](C)(C)O[Si](C)(C)O[Si](C)(C)O[Si](C)(C)c1ccc(O[C]=O)cc1. The summed E-state index contributed by atoms with van der Waals surface area (Å²) in [5.41, 5.74) is 0. The van der Waals surface area contributed by atoms with Gasteiger partial charge in [-0.15, -0.1) is 0 Å². The van der Waals surface area contributed by atoms with E-state index >= 15 is 0 Å². The first-order valence-corrected chi connectivity index (χ1v) is 24.6. The van der Waals surface area contributed by atoms with Gasteiger partial charge in [0.05, 0.1) is 0 Å². The molecular formula is C18H37O6Si5. The molecule has 0 aliphatic carbocycles. The van der Waals surface area contributed by atoms with Crippen LogP contribution in [-0.4, -0.2) is 48.8 Å². The third-order valence-electron chi connectivity index (χ3n) is 3.75. The summed E-state index contributed by atoms with van der Waals surface area (Å²) in [7, 11) is -11.1. The van der Waals surface area contributed by atoms with Crippen LogP contribution in [-0.2, 0) is 21.3 Å². The van der Waals surface area contributed by atoms with Gasteiger partial charge in [0.25, 0.3) is 0 Å². The molecule has 1 aromatic rings. The first-order valence-electron chi connectivity index (χ1n) is 9.82. The Morgan fingerprint density at radius 2 is 1.03 bits per heavy atom. The highest BCUT2D eigenvalue weighted by molar-refractivity contribution is 6.93. The maximum absolute atomic E-state index is 10.4. The Labute approximate surface area is 181 Å². The summed E-state index contributed by atoms with van der Waals surface area (Å²) in [5.74, 6) is 0.470. The lowest BCUT2D eigenvalue weighted by Gasteiger charge is -2.42. The minimum Gasteiger partial charge on any atom is -0.437 e. The predicted octanol–water partition coefficient (Wildman–Crippen LogP) is 4.55. The molecule has 0 saturated heterocycles. The molecule has 165 valence electrons. The summed E-state index contributed by atoms with van der Waals surface area (Å²) in [5, 5.41) is 1.11. The Hall–Kier alpha value is -0.386. The zero-order chi connectivity index (χ0) is 22.7. The highest BCUT2D eigenvalue weighted by Gasteiger charge is 2.45. The van der Waals surface area contributed by atoms with Crippen molar-refractivity contribution in [1.82, 2.24) is 0 Å². The highest BCUT2D eigenvalue weighted by atomic mass is 28.5. The molecule has 6 nitrogen and oxygen atoms in total. The van der Waals surface area contributed by atoms with E-state index in [2.05, 4.69) is 72.0 Å². The lowest BCUT2D eigenvalue weighted by molar-refractivity contribution is 0.300. The van der Waals surface area contributed by atoms with Gasteiger partial charge in [-0.1, -0.05) is 12.1 Å². The molecular weight excluding hydrogens is 453 g/mol. The molecule has 1 radical (unpaired) electrons. The molecule has 0 heterocycles. The van der Waals surface area contributed by atoms with Gasteiger partial charge in [0, 0.05) is 0 Å². The van der Waals surface area contributed by atoms with E-state index in [9.17, 15) is 4.79 Å². The second-order valence-electron chi connectivity index (χ2n) is 9.94. The van der Waals surface area contributed by atoms with Gasteiger partial charge in [0.15, 0.2) is 8.32 Å².